The molecule has 2 aromatic rings. The number of nitrogens with one attached hydrogen (secondary N) is 1. The minimum absolute atomic E-state index is 0.0264. The summed E-state index contributed by atoms with van der Waals surface area (Å²) in [6.45, 7) is 2.32. The molecule has 0 fully saturated rings. The Morgan fingerprint density at radius 3 is 2.81 bits per heavy atom. The van der Waals surface area contributed by atoms with Gasteiger partial charge in [0.25, 0.3) is 5.91 Å². The van der Waals surface area contributed by atoms with Crippen LogP contribution in [-0.2, 0) is 11.3 Å². The van der Waals surface area contributed by atoms with E-state index in [9.17, 15) is 4.79 Å². The van der Waals surface area contributed by atoms with Gasteiger partial charge in [-0.05, 0) is 42.3 Å². The van der Waals surface area contributed by atoms with E-state index in [0.29, 0.717) is 17.9 Å². The third kappa shape index (κ3) is 4.66. The standard InChI is InChI=1S/C17H16N2O2/c1-13-4-2-7-16(8-13)21-12-17(20)19-11-15-6-3-5-14(9-15)10-18/h2-9H,11-12H2,1H3,(H,19,20). The van der Waals surface area contributed by atoms with Crippen molar-refractivity contribution >= 4 is 5.91 Å². The lowest BCUT2D eigenvalue weighted by Crippen LogP contribution is -2.28. The average molecular weight is 280 g/mol. The van der Waals surface area contributed by atoms with Gasteiger partial charge in [0.05, 0.1) is 11.6 Å². The van der Waals surface area contributed by atoms with Crippen LogP contribution in [-0.4, -0.2) is 12.5 Å². The summed E-state index contributed by atoms with van der Waals surface area (Å²) >= 11 is 0. The van der Waals surface area contributed by atoms with Crippen molar-refractivity contribution in [3.8, 4) is 11.8 Å². The third-order valence-corrected chi connectivity index (χ3v) is 2.91. The summed E-state index contributed by atoms with van der Waals surface area (Å²) in [6.07, 6.45) is 0. The Balaban J connectivity index is 1.81. The largest absolute Gasteiger partial charge is 0.484 e. The van der Waals surface area contributed by atoms with Crippen molar-refractivity contribution < 1.29 is 9.53 Å². The molecule has 2 rings (SSSR count). The molecule has 0 aliphatic carbocycles. The zero-order valence-corrected chi connectivity index (χ0v) is 11.8. The highest BCUT2D eigenvalue weighted by Gasteiger charge is 2.03. The summed E-state index contributed by atoms with van der Waals surface area (Å²) in [6, 6.07) is 16.8. The van der Waals surface area contributed by atoms with Crippen LogP contribution in [0.2, 0.25) is 0 Å². The van der Waals surface area contributed by atoms with Crippen LogP contribution in [0.1, 0.15) is 16.7 Å². The number of nitriles is 1. The van der Waals surface area contributed by atoms with Crippen LogP contribution in [0.4, 0.5) is 0 Å². The second-order valence-corrected chi connectivity index (χ2v) is 4.69. The number of benzene rings is 2. The lowest BCUT2D eigenvalue weighted by molar-refractivity contribution is -0.123. The van der Waals surface area contributed by atoms with E-state index in [0.717, 1.165) is 11.1 Å². The van der Waals surface area contributed by atoms with E-state index >= 15 is 0 Å². The summed E-state index contributed by atoms with van der Waals surface area (Å²) in [5, 5.41) is 11.6. The topological polar surface area (TPSA) is 62.1 Å². The van der Waals surface area contributed by atoms with Gasteiger partial charge in [-0.3, -0.25) is 4.79 Å². The Hall–Kier alpha value is -2.80. The van der Waals surface area contributed by atoms with Gasteiger partial charge in [0.2, 0.25) is 0 Å². The number of nitrogens with zero attached hydrogens (tertiary/aromatic N) is 1. The van der Waals surface area contributed by atoms with Crippen molar-refractivity contribution in [2.24, 2.45) is 0 Å². The van der Waals surface area contributed by atoms with Gasteiger partial charge in [-0.25, -0.2) is 0 Å². The first-order chi connectivity index (χ1) is 10.2. The molecule has 0 spiro atoms. The lowest BCUT2D eigenvalue weighted by atomic mass is 10.1. The van der Waals surface area contributed by atoms with Crippen molar-refractivity contribution in [1.82, 2.24) is 5.32 Å². The Morgan fingerprint density at radius 1 is 1.24 bits per heavy atom. The predicted octanol–water partition coefficient (Wildman–Crippen LogP) is 2.56. The molecule has 2 aromatic carbocycles. The highest BCUT2D eigenvalue weighted by atomic mass is 16.5. The molecule has 0 bridgehead atoms. The van der Waals surface area contributed by atoms with Gasteiger partial charge in [0, 0.05) is 6.54 Å². The van der Waals surface area contributed by atoms with E-state index in [-0.39, 0.29) is 12.5 Å². The van der Waals surface area contributed by atoms with Crippen LogP contribution >= 0.6 is 0 Å². The van der Waals surface area contributed by atoms with Gasteiger partial charge in [0.1, 0.15) is 5.75 Å². The minimum atomic E-state index is -0.195. The molecule has 1 amide bonds. The van der Waals surface area contributed by atoms with Crippen LogP contribution in [0.15, 0.2) is 48.5 Å². The predicted molar refractivity (Wildman–Crippen MR) is 79.7 cm³/mol. The first-order valence-corrected chi connectivity index (χ1v) is 6.62. The lowest BCUT2D eigenvalue weighted by Gasteiger charge is -2.08. The second kappa shape index (κ2) is 7.11. The summed E-state index contributed by atoms with van der Waals surface area (Å²) < 4.78 is 5.42. The summed E-state index contributed by atoms with van der Waals surface area (Å²) in [5.74, 6) is 0.482. The Morgan fingerprint density at radius 2 is 2.05 bits per heavy atom. The first kappa shape index (κ1) is 14.6. The van der Waals surface area contributed by atoms with E-state index in [1.807, 2.05) is 37.3 Å². The molecule has 106 valence electrons. The number of hydrogen-bond donors (Lipinski definition) is 1. The SMILES string of the molecule is Cc1cccc(OCC(=O)NCc2cccc(C#N)c2)c1. The van der Waals surface area contributed by atoms with E-state index in [2.05, 4.69) is 11.4 Å². The molecular formula is C17H16N2O2. The molecule has 0 aliphatic rings. The van der Waals surface area contributed by atoms with Gasteiger partial charge in [0.15, 0.2) is 6.61 Å². The molecule has 0 saturated carbocycles. The van der Waals surface area contributed by atoms with Crippen molar-refractivity contribution in [1.29, 1.82) is 5.26 Å². The molecular weight excluding hydrogens is 264 g/mol. The number of carbonyl (C=O) groups excluding carboxylic acids is 1. The van der Waals surface area contributed by atoms with Gasteiger partial charge in [-0.2, -0.15) is 5.26 Å². The van der Waals surface area contributed by atoms with Crippen LogP contribution in [0, 0.1) is 18.3 Å². The van der Waals surface area contributed by atoms with Crippen molar-refractivity contribution in [3.63, 3.8) is 0 Å². The Kier molecular flexibility index (Phi) is 4.94. The minimum Gasteiger partial charge on any atom is -0.484 e. The number of ether oxygens (including phenoxy) is 1. The zero-order chi connectivity index (χ0) is 15.1. The molecule has 1 N–H and O–H groups in total. The monoisotopic (exact) mass is 280 g/mol. The quantitative estimate of drug-likeness (QED) is 0.915. The van der Waals surface area contributed by atoms with Crippen LogP contribution < -0.4 is 10.1 Å². The number of hydrogen-bond acceptors (Lipinski definition) is 3. The van der Waals surface area contributed by atoms with Crippen LogP contribution in [0.5, 0.6) is 5.75 Å². The number of rotatable bonds is 5. The second-order valence-electron chi connectivity index (χ2n) is 4.69. The van der Waals surface area contributed by atoms with Crippen LogP contribution in [0.3, 0.4) is 0 Å². The fourth-order valence-electron chi connectivity index (χ4n) is 1.86. The molecule has 0 atom stereocenters. The summed E-state index contributed by atoms with van der Waals surface area (Å²) in [7, 11) is 0. The number of carbonyl (C=O) groups is 1. The van der Waals surface area contributed by atoms with Crippen LogP contribution in [0.25, 0.3) is 0 Å². The Labute approximate surface area is 124 Å². The molecule has 0 saturated heterocycles. The zero-order valence-electron chi connectivity index (χ0n) is 11.8. The molecule has 4 heteroatoms. The fraction of sp³-hybridized carbons (Fsp3) is 0.176. The third-order valence-electron chi connectivity index (χ3n) is 2.91. The average Bonchev–Trinajstić information content (AvgIpc) is 2.51. The molecule has 0 heterocycles. The molecule has 21 heavy (non-hydrogen) atoms. The highest BCUT2D eigenvalue weighted by Crippen LogP contribution is 2.12. The maximum absolute atomic E-state index is 11.7. The summed E-state index contributed by atoms with van der Waals surface area (Å²) in [4.78, 5) is 11.7. The van der Waals surface area contributed by atoms with E-state index in [1.165, 1.54) is 0 Å². The van der Waals surface area contributed by atoms with Gasteiger partial charge >= 0.3 is 0 Å². The number of amides is 1. The smallest absolute Gasteiger partial charge is 0.258 e. The molecule has 0 aliphatic heterocycles. The normalized spacial score (nSPS) is 9.71. The van der Waals surface area contributed by atoms with Crippen molar-refractivity contribution in [2.75, 3.05) is 6.61 Å². The van der Waals surface area contributed by atoms with Crippen molar-refractivity contribution in [3.05, 3.63) is 65.2 Å². The first-order valence-electron chi connectivity index (χ1n) is 6.62. The van der Waals surface area contributed by atoms with E-state index in [4.69, 9.17) is 10.00 Å². The molecule has 0 unspecified atom stereocenters. The molecule has 4 nitrogen and oxygen atoms in total. The summed E-state index contributed by atoms with van der Waals surface area (Å²) in [5.41, 5.74) is 2.55. The Bertz CT molecular complexity index is 674. The maximum Gasteiger partial charge on any atom is 0.258 e. The van der Waals surface area contributed by atoms with Gasteiger partial charge in [-0.15, -0.1) is 0 Å². The highest BCUT2D eigenvalue weighted by molar-refractivity contribution is 5.77. The molecule has 0 radical (unpaired) electrons. The molecule has 0 aromatic heterocycles. The fourth-order valence-corrected chi connectivity index (χ4v) is 1.86. The number of aryl methyl sites for hydroxylation is 1. The van der Waals surface area contributed by atoms with Crippen molar-refractivity contribution in [2.45, 2.75) is 13.5 Å². The van der Waals surface area contributed by atoms with Gasteiger partial charge in [-0.1, -0.05) is 24.3 Å². The van der Waals surface area contributed by atoms with E-state index in [1.54, 1.807) is 18.2 Å². The maximum atomic E-state index is 11.7. The van der Waals surface area contributed by atoms with Gasteiger partial charge < -0.3 is 10.1 Å². The van der Waals surface area contributed by atoms with E-state index < -0.39 is 0 Å².